The Labute approximate surface area is 172 Å². The maximum Gasteiger partial charge on any atom is 0.344 e. The van der Waals surface area contributed by atoms with E-state index in [1.54, 1.807) is 20.8 Å². The molecule has 0 N–H and O–H groups in total. The molecule has 29 heavy (non-hydrogen) atoms. The predicted octanol–water partition coefficient (Wildman–Crippen LogP) is 2.76. The summed E-state index contributed by atoms with van der Waals surface area (Å²) in [5.74, 6) is -1.40. The minimum atomic E-state index is -3.74. The summed E-state index contributed by atoms with van der Waals surface area (Å²) in [5.41, 5.74) is -0.769. The molecule has 162 valence electrons. The standard InChI is InChI=1S/C20H29NO7S/c1-20(2,3)28-18(22)14-27-19(23)16-13-15(9-10-17(16)26-4)29(24,25)21-11-7-5-6-8-12-21/h9-10,13H,5-8,11-12,14H2,1-4H3. The lowest BCUT2D eigenvalue weighted by atomic mass is 10.2. The Morgan fingerprint density at radius 3 is 2.24 bits per heavy atom. The van der Waals surface area contributed by atoms with Crippen molar-refractivity contribution in [2.24, 2.45) is 0 Å². The number of benzene rings is 1. The van der Waals surface area contributed by atoms with Gasteiger partial charge in [-0.25, -0.2) is 18.0 Å². The molecule has 0 radical (unpaired) electrons. The van der Waals surface area contributed by atoms with Crippen LogP contribution in [0.2, 0.25) is 0 Å². The minimum Gasteiger partial charge on any atom is -0.496 e. The first-order valence-electron chi connectivity index (χ1n) is 9.62. The largest absolute Gasteiger partial charge is 0.496 e. The van der Waals surface area contributed by atoms with Gasteiger partial charge in [-0.05, 0) is 51.8 Å². The molecule has 0 aliphatic carbocycles. The Kier molecular flexibility index (Phi) is 7.65. The summed E-state index contributed by atoms with van der Waals surface area (Å²) in [5, 5.41) is 0. The monoisotopic (exact) mass is 427 g/mol. The number of ether oxygens (including phenoxy) is 3. The Bertz CT molecular complexity index is 835. The van der Waals surface area contributed by atoms with E-state index in [0.29, 0.717) is 13.1 Å². The second-order valence-corrected chi connectivity index (χ2v) is 9.78. The number of hydrogen-bond donors (Lipinski definition) is 0. The van der Waals surface area contributed by atoms with Gasteiger partial charge in [-0.1, -0.05) is 12.8 Å². The van der Waals surface area contributed by atoms with E-state index in [-0.39, 0.29) is 16.2 Å². The van der Waals surface area contributed by atoms with Crippen LogP contribution in [0.5, 0.6) is 5.75 Å². The van der Waals surface area contributed by atoms with Crippen molar-refractivity contribution in [1.82, 2.24) is 4.31 Å². The van der Waals surface area contributed by atoms with Crippen molar-refractivity contribution >= 4 is 22.0 Å². The van der Waals surface area contributed by atoms with Crippen molar-refractivity contribution in [3.05, 3.63) is 23.8 Å². The molecular weight excluding hydrogens is 398 g/mol. The second-order valence-electron chi connectivity index (χ2n) is 7.84. The van der Waals surface area contributed by atoms with Gasteiger partial charge in [0.2, 0.25) is 10.0 Å². The number of nitrogens with zero attached hydrogens (tertiary/aromatic N) is 1. The number of carbonyl (C=O) groups excluding carboxylic acids is 2. The highest BCUT2D eigenvalue weighted by Gasteiger charge is 2.28. The van der Waals surface area contributed by atoms with Crippen molar-refractivity contribution in [3.63, 3.8) is 0 Å². The molecule has 0 bridgehead atoms. The first-order chi connectivity index (χ1) is 13.5. The van der Waals surface area contributed by atoms with Gasteiger partial charge in [0.15, 0.2) is 6.61 Å². The van der Waals surface area contributed by atoms with Crippen molar-refractivity contribution in [2.75, 3.05) is 26.8 Å². The Morgan fingerprint density at radius 1 is 1.07 bits per heavy atom. The lowest BCUT2D eigenvalue weighted by Gasteiger charge is -2.21. The van der Waals surface area contributed by atoms with E-state index in [0.717, 1.165) is 25.7 Å². The van der Waals surface area contributed by atoms with Gasteiger partial charge in [0, 0.05) is 13.1 Å². The summed E-state index contributed by atoms with van der Waals surface area (Å²) in [6.45, 7) is 5.43. The zero-order chi connectivity index (χ0) is 21.7. The first-order valence-corrected chi connectivity index (χ1v) is 11.1. The molecule has 1 aliphatic heterocycles. The van der Waals surface area contributed by atoms with E-state index in [1.807, 2.05) is 0 Å². The Morgan fingerprint density at radius 2 is 1.69 bits per heavy atom. The van der Waals surface area contributed by atoms with Crippen LogP contribution >= 0.6 is 0 Å². The summed E-state index contributed by atoms with van der Waals surface area (Å²) < 4.78 is 42.7. The first kappa shape index (κ1) is 23.2. The van der Waals surface area contributed by atoms with Crippen LogP contribution in [-0.2, 0) is 24.3 Å². The summed E-state index contributed by atoms with van der Waals surface area (Å²) in [6, 6.07) is 4.05. The molecule has 0 amide bonds. The molecule has 1 saturated heterocycles. The fourth-order valence-electron chi connectivity index (χ4n) is 3.01. The van der Waals surface area contributed by atoms with Crippen LogP contribution in [0.25, 0.3) is 0 Å². The molecule has 0 unspecified atom stereocenters. The van der Waals surface area contributed by atoms with E-state index < -0.39 is 34.2 Å². The van der Waals surface area contributed by atoms with Gasteiger partial charge in [0.05, 0.1) is 12.0 Å². The average Bonchev–Trinajstić information content (AvgIpc) is 2.94. The minimum absolute atomic E-state index is 0.00980. The number of carbonyl (C=O) groups is 2. The van der Waals surface area contributed by atoms with E-state index in [1.165, 1.54) is 29.6 Å². The third kappa shape index (κ3) is 6.43. The Hall–Kier alpha value is -2.13. The molecule has 9 heteroatoms. The van der Waals surface area contributed by atoms with Crippen LogP contribution in [-0.4, -0.2) is 57.1 Å². The third-order valence-electron chi connectivity index (χ3n) is 4.33. The molecule has 1 aromatic rings. The second kappa shape index (κ2) is 9.58. The van der Waals surface area contributed by atoms with Gasteiger partial charge in [-0.2, -0.15) is 4.31 Å². The molecule has 1 fully saturated rings. The lowest BCUT2D eigenvalue weighted by molar-refractivity contribution is -0.158. The van der Waals surface area contributed by atoms with Crippen molar-refractivity contribution in [2.45, 2.75) is 57.0 Å². The molecule has 0 atom stereocenters. The quantitative estimate of drug-likeness (QED) is 0.644. The zero-order valence-corrected chi connectivity index (χ0v) is 18.2. The fraction of sp³-hybridized carbons (Fsp3) is 0.600. The average molecular weight is 428 g/mol. The van der Waals surface area contributed by atoms with Crippen LogP contribution in [0.4, 0.5) is 0 Å². The van der Waals surface area contributed by atoms with Crippen LogP contribution in [0, 0.1) is 0 Å². The maximum atomic E-state index is 13.0. The molecule has 0 spiro atoms. The summed E-state index contributed by atoms with van der Waals surface area (Å²) in [4.78, 5) is 24.3. The van der Waals surface area contributed by atoms with E-state index in [2.05, 4.69) is 0 Å². The topological polar surface area (TPSA) is 99.2 Å². The lowest BCUT2D eigenvalue weighted by Crippen LogP contribution is -2.32. The van der Waals surface area contributed by atoms with Gasteiger partial charge < -0.3 is 14.2 Å². The molecule has 1 heterocycles. The van der Waals surface area contributed by atoms with Crippen molar-refractivity contribution in [3.8, 4) is 5.75 Å². The number of sulfonamides is 1. The number of hydrogen-bond acceptors (Lipinski definition) is 7. The SMILES string of the molecule is COc1ccc(S(=O)(=O)N2CCCCCC2)cc1C(=O)OCC(=O)OC(C)(C)C. The van der Waals surface area contributed by atoms with Crippen molar-refractivity contribution in [1.29, 1.82) is 0 Å². The van der Waals surface area contributed by atoms with Crippen LogP contribution in [0.15, 0.2) is 23.1 Å². The number of rotatable bonds is 6. The van der Waals surface area contributed by atoms with Gasteiger partial charge in [0.25, 0.3) is 0 Å². The van der Waals surface area contributed by atoms with E-state index >= 15 is 0 Å². The van der Waals surface area contributed by atoms with Crippen LogP contribution in [0.3, 0.4) is 0 Å². The normalized spacial score (nSPS) is 16.0. The fourth-order valence-corrected chi connectivity index (χ4v) is 4.56. The number of methoxy groups -OCH3 is 1. The van der Waals surface area contributed by atoms with E-state index in [9.17, 15) is 18.0 Å². The van der Waals surface area contributed by atoms with Gasteiger partial charge in [-0.3, -0.25) is 0 Å². The molecular formula is C20H29NO7S. The molecule has 1 aromatic carbocycles. The highest BCUT2D eigenvalue weighted by molar-refractivity contribution is 7.89. The van der Waals surface area contributed by atoms with Crippen LogP contribution in [0.1, 0.15) is 56.8 Å². The summed E-state index contributed by atoms with van der Waals surface area (Å²) in [6.07, 6.45) is 3.61. The molecule has 0 aromatic heterocycles. The molecule has 2 rings (SSSR count). The van der Waals surface area contributed by atoms with Crippen molar-refractivity contribution < 1.29 is 32.2 Å². The van der Waals surface area contributed by atoms with Crippen LogP contribution < -0.4 is 4.74 Å². The Balaban J connectivity index is 2.21. The van der Waals surface area contributed by atoms with Gasteiger partial charge in [-0.15, -0.1) is 0 Å². The highest BCUT2D eigenvalue weighted by Crippen LogP contribution is 2.26. The molecule has 8 nitrogen and oxygen atoms in total. The predicted molar refractivity (Wildman–Crippen MR) is 106 cm³/mol. The van der Waals surface area contributed by atoms with Gasteiger partial charge in [0.1, 0.15) is 16.9 Å². The third-order valence-corrected chi connectivity index (χ3v) is 6.23. The summed E-state index contributed by atoms with van der Waals surface area (Å²) >= 11 is 0. The highest BCUT2D eigenvalue weighted by atomic mass is 32.2. The number of esters is 2. The summed E-state index contributed by atoms with van der Waals surface area (Å²) in [7, 11) is -2.38. The molecule has 1 aliphatic rings. The van der Waals surface area contributed by atoms with Gasteiger partial charge >= 0.3 is 11.9 Å². The smallest absolute Gasteiger partial charge is 0.344 e. The van der Waals surface area contributed by atoms with E-state index in [4.69, 9.17) is 14.2 Å². The zero-order valence-electron chi connectivity index (χ0n) is 17.4. The molecule has 0 saturated carbocycles. The maximum absolute atomic E-state index is 13.0.